The Balaban J connectivity index is 1.61. The van der Waals surface area contributed by atoms with E-state index in [1.54, 1.807) is 48.8 Å². The number of rotatable bonds is 8. The van der Waals surface area contributed by atoms with Crippen molar-refractivity contribution in [2.75, 3.05) is 5.32 Å². The summed E-state index contributed by atoms with van der Waals surface area (Å²) in [6.07, 6.45) is 3.40. The Morgan fingerprint density at radius 1 is 1.04 bits per heavy atom. The first-order valence-corrected chi connectivity index (χ1v) is 8.51. The molecule has 0 radical (unpaired) electrons. The van der Waals surface area contributed by atoms with Gasteiger partial charge >= 0.3 is 0 Å². The predicted octanol–water partition coefficient (Wildman–Crippen LogP) is 3.46. The average molecular weight is 378 g/mol. The zero-order valence-electron chi connectivity index (χ0n) is 14.9. The molecular formula is C20H18N4O4. The van der Waals surface area contributed by atoms with E-state index < -0.39 is 10.8 Å². The highest BCUT2D eigenvalue weighted by atomic mass is 16.7. The summed E-state index contributed by atoms with van der Waals surface area (Å²) in [5.74, 6) is -0.448. The van der Waals surface area contributed by atoms with Gasteiger partial charge in [0.25, 0.3) is 11.6 Å². The molecule has 0 aliphatic rings. The molecule has 3 aromatic rings. The third-order valence-electron chi connectivity index (χ3n) is 3.98. The molecule has 8 heteroatoms. The molecule has 3 rings (SSSR count). The van der Waals surface area contributed by atoms with E-state index in [0.29, 0.717) is 23.4 Å². The largest absolute Gasteiger partial charge is 0.380 e. The summed E-state index contributed by atoms with van der Waals surface area (Å²) >= 11 is 0. The number of para-hydroxylation sites is 2. The molecule has 142 valence electrons. The van der Waals surface area contributed by atoms with Crippen LogP contribution in [0.2, 0.25) is 0 Å². The number of hydrogen-bond acceptors (Lipinski definition) is 6. The molecule has 0 aliphatic carbocycles. The fourth-order valence-corrected chi connectivity index (χ4v) is 2.58. The van der Waals surface area contributed by atoms with Crippen molar-refractivity contribution in [1.29, 1.82) is 0 Å². The molecular weight excluding hydrogens is 360 g/mol. The van der Waals surface area contributed by atoms with Gasteiger partial charge in [0.15, 0.2) is 0 Å². The number of nitro groups is 1. The van der Waals surface area contributed by atoms with E-state index in [0.717, 1.165) is 5.56 Å². The highest BCUT2D eigenvalue weighted by Crippen LogP contribution is 2.19. The molecule has 0 unspecified atom stereocenters. The van der Waals surface area contributed by atoms with Crippen molar-refractivity contribution < 1.29 is 14.6 Å². The van der Waals surface area contributed by atoms with E-state index in [1.165, 1.54) is 6.07 Å². The van der Waals surface area contributed by atoms with E-state index in [4.69, 9.17) is 4.84 Å². The summed E-state index contributed by atoms with van der Waals surface area (Å²) in [5, 5.41) is 14.2. The van der Waals surface area contributed by atoms with Crippen LogP contribution in [0, 0.1) is 10.1 Å². The molecule has 0 spiro atoms. The minimum atomic E-state index is -0.487. The third kappa shape index (κ3) is 4.89. The second-order valence-corrected chi connectivity index (χ2v) is 5.86. The molecule has 0 bridgehead atoms. The Kier molecular flexibility index (Phi) is 6.27. The smallest absolute Gasteiger partial charge is 0.276 e. The number of nitrogens with one attached hydrogen (secondary N) is 2. The summed E-state index contributed by atoms with van der Waals surface area (Å²) in [5.41, 5.74) is 4.73. The van der Waals surface area contributed by atoms with Crippen molar-refractivity contribution in [3.05, 3.63) is 99.9 Å². The first-order valence-electron chi connectivity index (χ1n) is 8.51. The molecule has 0 saturated carbocycles. The van der Waals surface area contributed by atoms with Crippen molar-refractivity contribution in [2.24, 2.45) is 0 Å². The van der Waals surface area contributed by atoms with Crippen LogP contribution < -0.4 is 10.8 Å². The first kappa shape index (κ1) is 19.0. The highest BCUT2D eigenvalue weighted by Gasteiger charge is 2.14. The molecule has 8 nitrogen and oxygen atoms in total. The van der Waals surface area contributed by atoms with Crippen molar-refractivity contribution >= 4 is 17.3 Å². The number of benzene rings is 2. The van der Waals surface area contributed by atoms with Gasteiger partial charge in [-0.3, -0.25) is 24.7 Å². The lowest BCUT2D eigenvalue weighted by Crippen LogP contribution is -2.24. The van der Waals surface area contributed by atoms with Crippen LogP contribution in [0.25, 0.3) is 0 Å². The lowest BCUT2D eigenvalue weighted by atomic mass is 10.1. The van der Waals surface area contributed by atoms with Crippen LogP contribution in [0.3, 0.4) is 0 Å². The number of hydroxylamine groups is 1. The number of hydrogen-bond donors (Lipinski definition) is 2. The van der Waals surface area contributed by atoms with Crippen molar-refractivity contribution in [3.8, 4) is 0 Å². The van der Waals surface area contributed by atoms with E-state index in [2.05, 4.69) is 15.8 Å². The average Bonchev–Trinajstić information content (AvgIpc) is 2.73. The quantitative estimate of drug-likeness (QED) is 0.459. The number of anilines is 1. The second kappa shape index (κ2) is 9.24. The minimum Gasteiger partial charge on any atom is -0.380 e. The van der Waals surface area contributed by atoms with Gasteiger partial charge in [-0.2, -0.15) is 0 Å². The van der Waals surface area contributed by atoms with Crippen molar-refractivity contribution in [1.82, 2.24) is 10.5 Å². The number of amides is 1. The number of aromatic nitrogens is 1. The van der Waals surface area contributed by atoms with Gasteiger partial charge in [0.05, 0.1) is 16.1 Å². The summed E-state index contributed by atoms with van der Waals surface area (Å²) in [7, 11) is 0. The van der Waals surface area contributed by atoms with Gasteiger partial charge in [0.1, 0.15) is 6.61 Å². The fourth-order valence-electron chi connectivity index (χ4n) is 2.58. The molecule has 0 aliphatic heterocycles. The van der Waals surface area contributed by atoms with Gasteiger partial charge < -0.3 is 5.32 Å². The van der Waals surface area contributed by atoms with Crippen LogP contribution in [-0.4, -0.2) is 15.8 Å². The maximum Gasteiger partial charge on any atom is 0.276 e. The zero-order valence-corrected chi connectivity index (χ0v) is 14.9. The van der Waals surface area contributed by atoms with E-state index in [1.807, 2.05) is 18.2 Å². The van der Waals surface area contributed by atoms with Gasteiger partial charge in [-0.15, -0.1) is 0 Å². The summed E-state index contributed by atoms with van der Waals surface area (Å²) in [6, 6.07) is 17.0. The SMILES string of the molecule is O=C(NOCc1ccccc1[N+](=O)[O-])c1ccccc1NCc1ccncc1. The molecule has 1 amide bonds. The predicted molar refractivity (Wildman–Crippen MR) is 103 cm³/mol. The first-order chi connectivity index (χ1) is 13.6. The molecule has 1 aromatic heterocycles. The van der Waals surface area contributed by atoms with Gasteiger partial charge in [0.2, 0.25) is 0 Å². The standard InChI is InChI=1S/C20H18N4O4/c25-20(23-28-14-16-5-1-4-8-19(16)24(26)27)17-6-2-3-7-18(17)22-13-15-9-11-21-12-10-15/h1-12,22H,13-14H2,(H,23,25). The maximum atomic E-state index is 12.5. The van der Waals surface area contributed by atoms with E-state index in [9.17, 15) is 14.9 Å². The van der Waals surface area contributed by atoms with Gasteiger partial charge in [-0.25, -0.2) is 5.48 Å². The Bertz CT molecular complexity index is 963. The van der Waals surface area contributed by atoms with Crippen LogP contribution in [0.1, 0.15) is 21.5 Å². The van der Waals surface area contributed by atoms with Gasteiger partial charge in [-0.1, -0.05) is 24.3 Å². The monoisotopic (exact) mass is 378 g/mol. The molecule has 28 heavy (non-hydrogen) atoms. The van der Waals surface area contributed by atoms with Crippen molar-refractivity contribution in [3.63, 3.8) is 0 Å². The number of nitrogens with zero attached hydrogens (tertiary/aromatic N) is 2. The Labute approximate surface area is 161 Å². The van der Waals surface area contributed by atoms with Gasteiger partial charge in [-0.05, 0) is 35.9 Å². The number of carbonyl (C=O) groups excluding carboxylic acids is 1. The number of nitro benzene ring substituents is 1. The van der Waals surface area contributed by atoms with Crippen LogP contribution in [0.5, 0.6) is 0 Å². The normalized spacial score (nSPS) is 10.3. The summed E-state index contributed by atoms with van der Waals surface area (Å²) < 4.78 is 0. The number of carbonyl (C=O) groups is 1. The Morgan fingerprint density at radius 2 is 1.75 bits per heavy atom. The highest BCUT2D eigenvalue weighted by molar-refractivity contribution is 5.99. The van der Waals surface area contributed by atoms with Crippen LogP contribution in [-0.2, 0) is 18.0 Å². The van der Waals surface area contributed by atoms with Crippen LogP contribution >= 0.6 is 0 Å². The molecule has 0 fully saturated rings. The minimum absolute atomic E-state index is 0.0591. The summed E-state index contributed by atoms with van der Waals surface area (Å²) in [6.45, 7) is 0.416. The zero-order chi connectivity index (χ0) is 19.8. The third-order valence-corrected chi connectivity index (χ3v) is 3.98. The molecule has 1 heterocycles. The molecule has 0 atom stereocenters. The molecule has 0 saturated heterocycles. The topological polar surface area (TPSA) is 106 Å². The number of pyridine rings is 1. The van der Waals surface area contributed by atoms with Crippen LogP contribution in [0.15, 0.2) is 73.1 Å². The lowest BCUT2D eigenvalue weighted by Gasteiger charge is -2.12. The Hall–Kier alpha value is -3.78. The molecule has 2 N–H and O–H groups in total. The fraction of sp³-hybridized carbons (Fsp3) is 0.100. The lowest BCUT2D eigenvalue weighted by molar-refractivity contribution is -0.386. The second-order valence-electron chi connectivity index (χ2n) is 5.86. The summed E-state index contributed by atoms with van der Waals surface area (Å²) in [4.78, 5) is 32.2. The van der Waals surface area contributed by atoms with E-state index >= 15 is 0 Å². The Morgan fingerprint density at radius 3 is 2.54 bits per heavy atom. The van der Waals surface area contributed by atoms with Gasteiger partial charge in [0, 0.05) is 30.7 Å². The van der Waals surface area contributed by atoms with Crippen LogP contribution in [0.4, 0.5) is 11.4 Å². The van der Waals surface area contributed by atoms with Crippen molar-refractivity contribution in [2.45, 2.75) is 13.2 Å². The maximum absolute atomic E-state index is 12.5. The van der Waals surface area contributed by atoms with E-state index in [-0.39, 0.29) is 12.3 Å². The molecule has 2 aromatic carbocycles.